The minimum atomic E-state index is -3.17. The van der Waals surface area contributed by atoms with Gasteiger partial charge in [-0.15, -0.1) is 10.2 Å². The molecule has 1 saturated carbocycles. The lowest BCUT2D eigenvalue weighted by molar-refractivity contribution is 0.182. The molecule has 0 aromatic carbocycles. The molecular weight excluding hydrogens is 370 g/mol. The number of hydrogen-bond donors (Lipinski definition) is 1. The van der Waals surface area contributed by atoms with E-state index in [1.165, 1.54) is 0 Å². The van der Waals surface area contributed by atoms with E-state index in [2.05, 4.69) is 20.4 Å². The Morgan fingerprint density at radius 1 is 1.15 bits per heavy atom. The summed E-state index contributed by atoms with van der Waals surface area (Å²) < 4.78 is 28.3. The lowest BCUT2D eigenvalue weighted by Gasteiger charge is -2.37. The van der Waals surface area contributed by atoms with Gasteiger partial charge in [0.25, 0.3) is 0 Å². The first-order chi connectivity index (χ1) is 12.9. The van der Waals surface area contributed by atoms with Gasteiger partial charge in [-0.25, -0.2) is 13.2 Å². The van der Waals surface area contributed by atoms with Crippen molar-refractivity contribution >= 4 is 22.0 Å². The molecule has 1 atom stereocenters. The molecule has 4 rings (SSSR count). The van der Waals surface area contributed by atoms with Crippen LogP contribution in [-0.2, 0) is 17.1 Å². The summed E-state index contributed by atoms with van der Waals surface area (Å²) in [6, 6.07) is -0.222. The summed E-state index contributed by atoms with van der Waals surface area (Å²) in [5.74, 6) is 0.809. The van der Waals surface area contributed by atoms with E-state index in [4.69, 9.17) is 0 Å². The SMILES string of the molecule is Cn1cnnc1N1CCN(C(=O)N[C@@H]2CCCN(S(=O)(=O)C3CC3)C2)CC1. The molecule has 0 bridgehead atoms. The zero-order chi connectivity index (χ0) is 19.0. The monoisotopic (exact) mass is 397 g/mol. The van der Waals surface area contributed by atoms with E-state index in [1.54, 1.807) is 15.5 Å². The Morgan fingerprint density at radius 2 is 1.89 bits per heavy atom. The molecule has 0 spiro atoms. The molecule has 3 heterocycles. The number of piperazine rings is 1. The van der Waals surface area contributed by atoms with Crippen LogP contribution in [0.5, 0.6) is 0 Å². The van der Waals surface area contributed by atoms with Crippen LogP contribution in [0.3, 0.4) is 0 Å². The van der Waals surface area contributed by atoms with E-state index >= 15 is 0 Å². The smallest absolute Gasteiger partial charge is 0.317 e. The first kappa shape index (κ1) is 18.5. The Labute approximate surface area is 159 Å². The second-order valence-corrected chi connectivity index (χ2v) is 9.82. The van der Waals surface area contributed by atoms with Gasteiger partial charge in [-0.05, 0) is 25.7 Å². The van der Waals surface area contributed by atoms with Gasteiger partial charge in [-0.1, -0.05) is 0 Å². The molecule has 11 heteroatoms. The molecule has 3 fully saturated rings. The number of amides is 2. The van der Waals surface area contributed by atoms with E-state index in [0.29, 0.717) is 39.3 Å². The maximum Gasteiger partial charge on any atom is 0.317 e. The van der Waals surface area contributed by atoms with Gasteiger partial charge < -0.3 is 19.7 Å². The number of piperidine rings is 1. The molecule has 0 radical (unpaired) electrons. The third-order valence-corrected chi connectivity index (χ3v) is 7.92. The first-order valence-electron chi connectivity index (χ1n) is 9.58. The average Bonchev–Trinajstić information content (AvgIpc) is 3.45. The zero-order valence-electron chi connectivity index (χ0n) is 15.6. The summed E-state index contributed by atoms with van der Waals surface area (Å²) in [5.41, 5.74) is 0. The fraction of sp³-hybridized carbons (Fsp3) is 0.812. The number of sulfonamides is 1. The highest BCUT2D eigenvalue weighted by Crippen LogP contribution is 2.32. The summed E-state index contributed by atoms with van der Waals surface area (Å²) in [6.45, 7) is 3.58. The predicted octanol–water partition coefficient (Wildman–Crippen LogP) is -0.397. The van der Waals surface area contributed by atoms with Crippen molar-refractivity contribution in [2.24, 2.45) is 7.05 Å². The van der Waals surface area contributed by atoms with Gasteiger partial charge in [0.2, 0.25) is 16.0 Å². The summed E-state index contributed by atoms with van der Waals surface area (Å²) in [7, 11) is -1.27. The Morgan fingerprint density at radius 3 is 2.52 bits per heavy atom. The van der Waals surface area contributed by atoms with Crippen LogP contribution in [0.4, 0.5) is 10.7 Å². The van der Waals surface area contributed by atoms with Crippen LogP contribution in [0.25, 0.3) is 0 Å². The van der Waals surface area contributed by atoms with E-state index in [-0.39, 0.29) is 17.3 Å². The number of carbonyl (C=O) groups is 1. The van der Waals surface area contributed by atoms with Crippen LogP contribution in [0.2, 0.25) is 0 Å². The lowest BCUT2D eigenvalue weighted by atomic mass is 10.1. The van der Waals surface area contributed by atoms with Crippen molar-refractivity contribution in [3.05, 3.63) is 6.33 Å². The molecule has 27 heavy (non-hydrogen) atoms. The number of urea groups is 1. The maximum absolute atomic E-state index is 12.6. The predicted molar refractivity (Wildman–Crippen MR) is 99.9 cm³/mol. The second-order valence-electron chi connectivity index (χ2n) is 7.61. The Balaban J connectivity index is 1.29. The highest BCUT2D eigenvalue weighted by Gasteiger charge is 2.41. The van der Waals surface area contributed by atoms with E-state index in [0.717, 1.165) is 31.6 Å². The first-order valence-corrected chi connectivity index (χ1v) is 11.1. The van der Waals surface area contributed by atoms with Crippen LogP contribution >= 0.6 is 0 Å². The Kier molecular flexibility index (Phi) is 4.97. The number of anilines is 1. The minimum absolute atomic E-state index is 0.108. The van der Waals surface area contributed by atoms with Gasteiger partial charge >= 0.3 is 6.03 Å². The molecular formula is C16H27N7O3S. The van der Waals surface area contributed by atoms with E-state index in [9.17, 15) is 13.2 Å². The topological polar surface area (TPSA) is 104 Å². The van der Waals surface area contributed by atoms with Crippen LogP contribution in [0, 0.1) is 0 Å². The van der Waals surface area contributed by atoms with Gasteiger partial charge in [0.1, 0.15) is 6.33 Å². The van der Waals surface area contributed by atoms with Crippen molar-refractivity contribution in [1.29, 1.82) is 0 Å². The third kappa shape index (κ3) is 3.88. The third-order valence-electron chi connectivity index (χ3n) is 5.55. The van der Waals surface area contributed by atoms with Crippen molar-refractivity contribution in [1.82, 2.24) is 29.3 Å². The van der Waals surface area contributed by atoms with Gasteiger partial charge in [-0.3, -0.25) is 0 Å². The normalized spacial score (nSPS) is 24.9. The molecule has 10 nitrogen and oxygen atoms in total. The largest absolute Gasteiger partial charge is 0.337 e. The molecule has 1 aromatic rings. The van der Waals surface area contributed by atoms with Gasteiger partial charge in [0, 0.05) is 52.4 Å². The zero-order valence-corrected chi connectivity index (χ0v) is 16.4. The number of rotatable bonds is 4. The fourth-order valence-corrected chi connectivity index (χ4v) is 5.73. The fourth-order valence-electron chi connectivity index (χ4n) is 3.81. The van der Waals surface area contributed by atoms with Gasteiger partial charge in [0.05, 0.1) is 5.25 Å². The molecule has 1 aromatic heterocycles. The van der Waals surface area contributed by atoms with Crippen LogP contribution in [-0.4, -0.2) is 89.0 Å². The number of nitrogens with one attached hydrogen (secondary N) is 1. The average molecular weight is 398 g/mol. The highest BCUT2D eigenvalue weighted by atomic mass is 32.2. The summed E-state index contributed by atoms with van der Waals surface area (Å²) in [5, 5.41) is 10.9. The highest BCUT2D eigenvalue weighted by molar-refractivity contribution is 7.90. The van der Waals surface area contributed by atoms with Crippen molar-refractivity contribution < 1.29 is 13.2 Å². The number of carbonyl (C=O) groups excluding carboxylic acids is 1. The lowest BCUT2D eigenvalue weighted by Crippen LogP contribution is -2.56. The Bertz CT molecular complexity index is 784. The van der Waals surface area contributed by atoms with Gasteiger partial charge in [-0.2, -0.15) is 4.31 Å². The molecule has 2 saturated heterocycles. The van der Waals surface area contributed by atoms with Crippen molar-refractivity contribution in [3.8, 4) is 0 Å². The number of aromatic nitrogens is 3. The maximum atomic E-state index is 12.6. The molecule has 150 valence electrons. The number of aryl methyl sites for hydroxylation is 1. The quantitative estimate of drug-likeness (QED) is 0.742. The number of nitrogens with zero attached hydrogens (tertiary/aromatic N) is 6. The molecule has 1 N–H and O–H groups in total. The van der Waals surface area contributed by atoms with Crippen LogP contribution in [0.15, 0.2) is 6.33 Å². The van der Waals surface area contributed by atoms with Gasteiger partial charge in [0.15, 0.2) is 0 Å². The molecule has 1 aliphatic carbocycles. The molecule has 0 unspecified atom stereocenters. The van der Waals surface area contributed by atoms with Crippen LogP contribution < -0.4 is 10.2 Å². The second kappa shape index (κ2) is 7.27. The molecule has 2 amide bonds. The number of hydrogen-bond acceptors (Lipinski definition) is 6. The summed E-state index contributed by atoms with van der Waals surface area (Å²) in [6.07, 6.45) is 4.81. The summed E-state index contributed by atoms with van der Waals surface area (Å²) >= 11 is 0. The molecule has 2 aliphatic heterocycles. The standard InChI is InChI=1S/C16H27N7O3S/c1-20-12-17-19-15(20)21-7-9-22(10-8-21)16(24)18-13-3-2-6-23(11-13)27(25,26)14-4-5-14/h12-14H,2-11H2,1H3,(H,18,24)/t13-/m1/s1. The van der Waals surface area contributed by atoms with E-state index in [1.807, 2.05) is 11.6 Å². The molecule has 3 aliphatic rings. The van der Waals surface area contributed by atoms with Crippen molar-refractivity contribution in [2.45, 2.75) is 37.0 Å². The van der Waals surface area contributed by atoms with Crippen molar-refractivity contribution in [3.63, 3.8) is 0 Å². The minimum Gasteiger partial charge on any atom is -0.337 e. The Hall–Kier alpha value is -1.88. The summed E-state index contributed by atoms with van der Waals surface area (Å²) in [4.78, 5) is 16.5. The van der Waals surface area contributed by atoms with E-state index < -0.39 is 10.0 Å². The van der Waals surface area contributed by atoms with Crippen LogP contribution in [0.1, 0.15) is 25.7 Å². The van der Waals surface area contributed by atoms with Crippen molar-refractivity contribution in [2.75, 3.05) is 44.2 Å².